The molecule has 0 spiro atoms. The SMILES string of the molecule is Cc1nnc(SCCCNC(=O)c2cccc(C3CCCNC3)c2)s1. The minimum atomic E-state index is 0.0161. The first kappa shape index (κ1) is 18.4. The second kappa shape index (κ2) is 9.31. The number of piperidine rings is 1. The third kappa shape index (κ3) is 5.52. The molecular weight excluding hydrogens is 352 g/mol. The van der Waals surface area contributed by atoms with E-state index in [1.165, 1.54) is 18.4 Å². The van der Waals surface area contributed by atoms with Crippen molar-refractivity contribution in [3.05, 3.63) is 40.4 Å². The van der Waals surface area contributed by atoms with Crippen LogP contribution in [0, 0.1) is 6.92 Å². The lowest BCUT2D eigenvalue weighted by atomic mass is 9.90. The first-order valence-electron chi connectivity index (χ1n) is 8.74. The molecule has 0 radical (unpaired) electrons. The lowest BCUT2D eigenvalue weighted by molar-refractivity contribution is 0.0953. The van der Waals surface area contributed by atoms with Crippen molar-refractivity contribution in [2.75, 3.05) is 25.4 Å². The molecule has 1 aromatic heterocycles. The Balaban J connectivity index is 1.43. The predicted molar refractivity (Wildman–Crippen MR) is 104 cm³/mol. The van der Waals surface area contributed by atoms with Gasteiger partial charge < -0.3 is 10.6 Å². The Hall–Kier alpha value is -1.44. The molecule has 2 aromatic rings. The Labute approximate surface area is 157 Å². The summed E-state index contributed by atoms with van der Waals surface area (Å²) in [6.45, 7) is 4.75. The van der Waals surface area contributed by atoms with Gasteiger partial charge in [-0.15, -0.1) is 10.2 Å². The normalized spacial score (nSPS) is 17.4. The fourth-order valence-electron chi connectivity index (χ4n) is 2.94. The number of aryl methyl sites for hydroxylation is 1. The highest BCUT2D eigenvalue weighted by molar-refractivity contribution is 8.01. The number of hydrogen-bond donors (Lipinski definition) is 2. The van der Waals surface area contributed by atoms with E-state index < -0.39 is 0 Å². The molecule has 0 aliphatic carbocycles. The van der Waals surface area contributed by atoms with Gasteiger partial charge in [-0.05, 0) is 56.3 Å². The van der Waals surface area contributed by atoms with Crippen molar-refractivity contribution in [1.82, 2.24) is 20.8 Å². The molecule has 1 fully saturated rings. The molecular formula is C18H24N4OS2. The largest absolute Gasteiger partial charge is 0.352 e. The van der Waals surface area contributed by atoms with Gasteiger partial charge in [0.25, 0.3) is 5.91 Å². The molecule has 3 rings (SSSR count). The smallest absolute Gasteiger partial charge is 0.251 e. The number of benzene rings is 1. The summed E-state index contributed by atoms with van der Waals surface area (Å²) < 4.78 is 0.998. The van der Waals surface area contributed by atoms with Crippen LogP contribution in [0.2, 0.25) is 0 Å². The van der Waals surface area contributed by atoms with Crippen molar-refractivity contribution in [3.8, 4) is 0 Å². The van der Waals surface area contributed by atoms with Crippen LogP contribution in [0.1, 0.15) is 46.1 Å². The highest BCUT2D eigenvalue weighted by atomic mass is 32.2. The van der Waals surface area contributed by atoms with Gasteiger partial charge in [-0.3, -0.25) is 4.79 Å². The summed E-state index contributed by atoms with van der Waals surface area (Å²) in [6, 6.07) is 8.07. The Kier molecular flexibility index (Phi) is 6.84. The van der Waals surface area contributed by atoms with Gasteiger partial charge >= 0.3 is 0 Å². The van der Waals surface area contributed by atoms with Gasteiger partial charge in [0.2, 0.25) is 0 Å². The lowest BCUT2D eigenvalue weighted by Gasteiger charge is -2.23. The van der Waals surface area contributed by atoms with Crippen molar-refractivity contribution in [1.29, 1.82) is 0 Å². The third-order valence-electron chi connectivity index (χ3n) is 4.26. The number of rotatable bonds is 7. The van der Waals surface area contributed by atoms with Crippen molar-refractivity contribution in [3.63, 3.8) is 0 Å². The van der Waals surface area contributed by atoms with Gasteiger partial charge in [-0.25, -0.2) is 0 Å². The highest BCUT2D eigenvalue weighted by Crippen LogP contribution is 2.24. The van der Waals surface area contributed by atoms with Crippen molar-refractivity contribution in [2.45, 2.75) is 36.4 Å². The Morgan fingerprint density at radius 3 is 3.12 bits per heavy atom. The van der Waals surface area contributed by atoms with Crippen LogP contribution in [0.25, 0.3) is 0 Å². The molecule has 1 aliphatic rings. The number of nitrogens with one attached hydrogen (secondary N) is 2. The zero-order valence-electron chi connectivity index (χ0n) is 14.5. The van der Waals surface area contributed by atoms with E-state index in [4.69, 9.17) is 0 Å². The standard InChI is InChI=1S/C18H24N4OS2/c1-13-21-22-18(25-13)24-10-4-9-20-17(23)15-6-2-5-14(11-15)16-7-3-8-19-12-16/h2,5-6,11,16,19H,3-4,7-10,12H2,1H3,(H,20,23). The van der Waals surface area contributed by atoms with E-state index in [1.54, 1.807) is 23.1 Å². The van der Waals surface area contributed by atoms with Gasteiger partial charge in [0.1, 0.15) is 5.01 Å². The molecule has 1 atom stereocenters. The maximum Gasteiger partial charge on any atom is 0.251 e. The second-order valence-electron chi connectivity index (χ2n) is 6.21. The molecule has 1 aliphatic heterocycles. The fraction of sp³-hybridized carbons (Fsp3) is 0.500. The first-order chi connectivity index (χ1) is 12.2. The molecule has 1 saturated heterocycles. The quantitative estimate of drug-likeness (QED) is 0.574. The summed E-state index contributed by atoms with van der Waals surface area (Å²) in [7, 11) is 0. The van der Waals surface area contributed by atoms with Crippen LogP contribution in [0.3, 0.4) is 0 Å². The number of carbonyl (C=O) groups is 1. The topological polar surface area (TPSA) is 66.9 Å². The summed E-state index contributed by atoms with van der Waals surface area (Å²) in [5, 5.41) is 15.5. The van der Waals surface area contributed by atoms with Gasteiger partial charge in [-0.2, -0.15) is 0 Å². The molecule has 134 valence electrons. The van der Waals surface area contributed by atoms with Crippen LogP contribution >= 0.6 is 23.1 Å². The Morgan fingerprint density at radius 1 is 1.44 bits per heavy atom. The minimum absolute atomic E-state index is 0.0161. The molecule has 2 N–H and O–H groups in total. The number of nitrogens with zero attached hydrogens (tertiary/aromatic N) is 2. The van der Waals surface area contributed by atoms with E-state index >= 15 is 0 Å². The van der Waals surface area contributed by atoms with Crippen molar-refractivity contribution >= 4 is 29.0 Å². The third-order valence-corrected chi connectivity index (χ3v) is 6.32. The fourth-order valence-corrected chi connectivity index (χ4v) is 4.77. The molecule has 1 amide bonds. The van der Waals surface area contributed by atoms with Crippen LogP contribution in [0.15, 0.2) is 28.6 Å². The summed E-state index contributed by atoms with van der Waals surface area (Å²) >= 11 is 3.31. The number of carbonyl (C=O) groups excluding carboxylic acids is 1. The van der Waals surface area contributed by atoms with Crippen LogP contribution < -0.4 is 10.6 Å². The monoisotopic (exact) mass is 376 g/mol. The molecule has 1 unspecified atom stereocenters. The minimum Gasteiger partial charge on any atom is -0.352 e. The summed E-state index contributed by atoms with van der Waals surface area (Å²) in [6.07, 6.45) is 3.31. The second-order valence-corrected chi connectivity index (χ2v) is 8.74. The Bertz CT molecular complexity index is 698. The average molecular weight is 377 g/mol. The van der Waals surface area contributed by atoms with Gasteiger partial charge in [0.15, 0.2) is 4.34 Å². The predicted octanol–water partition coefficient (Wildman–Crippen LogP) is 3.23. The molecule has 25 heavy (non-hydrogen) atoms. The van der Waals surface area contributed by atoms with E-state index in [-0.39, 0.29) is 5.91 Å². The van der Waals surface area contributed by atoms with E-state index in [0.717, 1.165) is 40.2 Å². The lowest BCUT2D eigenvalue weighted by Crippen LogP contribution is -2.29. The molecule has 0 bridgehead atoms. The Morgan fingerprint density at radius 2 is 2.36 bits per heavy atom. The molecule has 5 nitrogen and oxygen atoms in total. The maximum absolute atomic E-state index is 12.4. The first-order valence-corrected chi connectivity index (χ1v) is 10.5. The van der Waals surface area contributed by atoms with Crippen molar-refractivity contribution in [2.24, 2.45) is 0 Å². The highest BCUT2D eigenvalue weighted by Gasteiger charge is 2.16. The maximum atomic E-state index is 12.4. The molecule has 7 heteroatoms. The van der Waals surface area contributed by atoms with Crippen LogP contribution in [0.5, 0.6) is 0 Å². The van der Waals surface area contributed by atoms with Crippen LogP contribution in [-0.2, 0) is 0 Å². The van der Waals surface area contributed by atoms with Gasteiger partial charge in [-0.1, -0.05) is 35.2 Å². The molecule has 0 saturated carbocycles. The van der Waals surface area contributed by atoms with Crippen LogP contribution in [0.4, 0.5) is 0 Å². The van der Waals surface area contributed by atoms with E-state index in [0.29, 0.717) is 12.5 Å². The summed E-state index contributed by atoms with van der Waals surface area (Å²) in [5.74, 6) is 1.47. The van der Waals surface area contributed by atoms with Crippen LogP contribution in [-0.4, -0.2) is 41.5 Å². The summed E-state index contributed by atoms with van der Waals surface area (Å²) in [5.41, 5.74) is 2.03. The van der Waals surface area contributed by atoms with Gasteiger partial charge in [0, 0.05) is 24.4 Å². The van der Waals surface area contributed by atoms with Crippen molar-refractivity contribution < 1.29 is 4.79 Å². The number of thioether (sulfide) groups is 1. The molecule has 1 aromatic carbocycles. The van der Waals surface area contributed by atoms with E-state index in [1.807, 2.05) is 25.1 Å². The van der Waals surface area contributed by atoms with E-state index in [9.17, 15) is 4.79 Å². The van der Waals surface area contributed by atoms with E-state index in [2.05, 4.69) is 26.9 Å². The zero-order valence-corrected chi connectivity index (χ0v) is 16.1. The molecule has 2 heterocycles. The number of hydrogen-bond acceptors (Lipinski definition) is 6. The number of amides is 1. The average Bonchev–Trinajstić information content (AvgIpc) is 3.07. The summed E-state index contributed by atoms with van der Waals surface area (Å²) in [4.78, 5) is 12.4. The number of aromatic nitrogens is 2. The van der Waals surface area contributed by atoms with Gasteiger partial charge in [0.05, 0.1) is 0 Å². The zero-order chi connectivity index (χ0) is 17.5.